The number of hydrogen-bond donors (Lipinski definition) is 1. The lowest BCUT2D eigenvalue weighted by molar-refractivity contribution is 0.162. The van der Waals surface area contributed by atoms with Gasteiger partial charge in [-0.15, -0.1) is 6.58 Å². The van der Waals surface area contributed by atoms with Crippen molar-refractivity contribution in [2.24, 2.45) is 5.73 Å². The third-order valence-corrected chi connectivity index (χ3v) is 4.00. The molecule has 0 aromatic heterocycles. The fourth-order valence-corrected chi connectivity index (χ4v) is 3.06. The number of rotatable bonds is 8. The summed E-state index contributed by atoms with van der Waals surface area (Å²) in [7, 11) is 5.88. The molecule has 2 N–H and O–H groups in total. The summed E-state index contributed by atoms with van der Waals surface area (Å²) in [4.78, 5) is 2.23. The molecule has 118 valence electrons. The van der Waals surface area contributed by atoms with Gasteiger partial charge in [0.25, 0.3) is 0 Å². The van der Waals surface area contributed by atoms with Crippen LogP contribution >= 0.6 is 0 Å². The molecule has 3 heteroatoms. The molecule has 2 atom stereocenters. The number of likely N-dealkylation sites (N-methyl/N-ethyl adjacent to an activating group) is 1. The average Bonchev–Trinajstić information content (AvgIpc) is 2.43. The van der Waals surface area contributed by atoms with E-state index in [-0.39, 0.29) is 6.04 Å². The highest BCUT2D eigenvalue weighted by Crippen LogP contribution is 2.34. The maximum atomic E-state index is 6.90. The van der Waals surface area contributed by atoms with Gasteiger partial charge in [0.1, 0.15) is 5.75 Å². The zero-order valence-corrected chi connectivity index (χ0v) is 14.1. The van der Waals surface area contributed by atoms with Crippen molar-refractivity contribution in [3.8, 4) is 5.75 Å². The lowest BCUT2D eigenvalue weighted by atomic mass is 9.76. The second-order valence-electron chi connectivity index (χ2n) is 6.17. The van der Waals surface area contributed by atoms with E-state index in [1.54, 1.807) is 7.11 Å². The minimum Gasteiger partial charge on any atom is -0.497 e. The molecule has 0 spiro atoms. The number of benzene rings is 1. The van der Waals surface area contributed by atoms with Crippen molar-refractivity contribution >= 4 is 0 Å². The Kier molecular flexibility index (Phi) is 6.43. The van der Waals surface area contributed by atoms with Crippen LogP contribution in [0, 0.1) is 0 Å². The van der Waals surface area contributed by atoms with Gasteiger partial charge in [-0.3, -0.25) is 0 Å². The Morgan fingerprint density at radius 3 is 2.29 bits per heavy atom. The van der Waals surface area contributed by atoms with Gasteiger partial charge in [-0.2, -0.15) is 0 Å². The van der Waals surface area contributed by atoms with E-state index >= 15 is 0 Å². The van der Waals surface area contributed by atoms with Gasteiger partial charge in [0, 0.05) is 6.04 Å². The molecule has 21 heavy (non-hydrogen) atoms. The molecular formula is C18H30N2O. The number of methoxy groups -OCH3 is 1. The standard InChI is InChI=1S/C18H30N2O/c1-7-8-17(20(4)5)18(19,13-14(2)3)15-9-11-16(21-6)12-10-15/h9-12,17H,2,7-8,13,19H2,1,3-6H3. The predicted octanol–water partition coefficient (Wildman–Crippen LogP) is 3.55. The zero-order valence-electron chi connectivity index (χ0n) is 14.1. The molecule has 0 saturated carbocycles. The fourth-order valence-electron chi connectivity index (χ4n) is 3.06. The summed E-state index contributed by atoms with van der Waals surface area (Å²) in [5.41, 5.74) is 8.71. The average molecular weight is 290 g/mol. The monoisotopic (exact) mass is 290 g/mol. The molecule has 3 nitrogen and oxygen atoms in total. The molecule has 0 aliphatic rings. The van der Waals surface area contributed by atoms with E-state index in [1.807, 2.05) is 19.1 Å². The molecular weight excluding hydrogens is 260 g/mol. The lowest BCUT2D eigenvalue weighted by Gasteiger charge is -2.42. The van der Waals surface area contributed by atoms with Crippen molar-refractivity contribution in [1.82, 2.24) is 4.90 Å². The third kappa shape index (κ3) is 4.32. The normalized spacial score (nSPS) is 15.6. The first-order valence-corrected chi connectivity index (χ1v) is 7.59. The molecule has 0 fully saturated rings. The molecule has 0 heterocycles. The second kappa shape index (κ2) is 7.62. The van der Waals surface area contributed by atoms with Crippen LogP contribution in [0.5, 0.6) is 5.75 Å². The van der Waals surface area contributed by atoms with Crippen LogP contribution in [-0.2, 0) is 5.54 Å². The van der Waals surface area contributed by atoms with Crippen LogP contribution in [0.3, 0.4) is 0 Å². The number of nitrogens with two attached hydrogens (primary N) is 1. The minimum atomic E-state index is -0.433. The Bertz CT molecular complexity index is 453. The van der Waals surface area contributed by atoms with E-state index in [9.17, 15) is 0 Å². The molecule has 0 radical (unpaired) electrons. The van der Waals surface area contributed by atoms with E-state index in [0.717, 1.165) is 36.1 Å². The molecule has 1 rings (SSSR count). The van der Waals surface area contributed by atoms with Gasteiger partial charge in [-0.05, 0) is 51.6 Å². The predicted molar refractivity (Wildman–Crippen MR) is 90.7 cm³/mol. The van der Waals surface area contributed by atoms with Crippen LogP contribution in [0.25, 0.3) is 0 Å². The van der Waals surface area contributed by atoms with E-state index in [4.69, 9.17) is 10.5 Å². The zero-order chi connectivity index (χ0) is 16.0. The summed E-state index contributed by atoms with van der Waals surface area (Å²) < 4.78 is 5.25. The van der Waals surface area contributed by atoms with E-state index < -0.39 is 5.54 Å². The van der Waals surface area contributed by atoms with Gasteiger partial charge in [0.2, 0.25) is 0 Å². The summed E-state index contributed by atoms with van der Waals surface area (Å²) in [6, 6.07) is 8.39. The van der Waals surface area contributed by atoms with Crippen molar-refractivity contribution in [3.05, 3.63) is 42.0 Å². The minimum absolute atomic E-state index is 0.271. The lowest BCUT2D eigenvalue weighted by Crippen LogP contribution is -2.54. The molecule has 1 aromatic carbocycles. The maximum absolute atomic E-state index is 6.90. The highest BCUT2D eigenvalue weighted by molar-refractivity contribution is 5.34. The van der Waals surface area contributed by atoms with Crippen LogP contribution in [0.4, 0.5) is 0 Å². The third-order valence-electron chi connectivity index (χ3n) is 4.00. The van der Waals surface area contributed by atoms with Crippen LogP contribution in [0.1, 0.15) is 38.7 Å². The van der Waals surface area contributed by atoms with Gasteiger partial charge in [0.05, 0.1) is 12.6 Å². The second-order valence-corrected chi connectivity index (χ2v) is 6.17. The van der Waals surface area contributed by atoms with Crippen molar-refractivity contribution in [1.29, 1.82) is 0 Å². The van der Waals surface area contributed by atoms with Gasteiger partial charge >= 0.3 is 0 Å². The van der Waals surface area contributed by atoms with Crippen LogP contribution < -0.4 is 10.5 Å². The summed E-state index contributed by atoms with van der Waals surface area (Å²) >= 11 is 0. The first-order valence-electron chi connectivity index (χ1n) is 7.59. The van der Waals surface area contributed by atoms with E-state index in [2.05, 4.69) is 44.6 Å². The molecule has 0 bridgehead atoms. The SMILES string of the molecule is C=C(C)CC(N)(c1ccc(OC)cc1)C(CCC)N(C)C. The fraction of sp³-hybridized carbons (Fsp3) is 0.556. The Hall–Kier alpha value is -1.32. The summed E-state index contributed by atoms with van der Waals surface area (Å²) in [5, 5.41) is 0. The number of nitrogens with zero attached hydrogens (tertiary/aromatic N) is 1. The van der Waals surface area contributed by atoms with Crippen molar-refractivity contribution < 1.29 is 4.74 Å². The van der Waals surface area contributed by atoms with Crippen molar-refractivity contribution in [2.45, 2.75) is 44.7 Å². The van der Waals surface area contributed by atoms with Gasteiger partial charge in [0.15, 0.2) is 0 Å². The molecule has 0 saturated heterocycles. The maximum Gasteiger partial charge on any atom is 0.118 e. The first kappa shape index (κ1) is 17.7. The molecule has 0 aliphatic carbocycles. The van der Waals surface area contributed by atoms with Crippen molar-refractivity contribution in [2.75, 3.05) is 21.2 Å². The summed E-state index contributed by atoms with van der Waals surface area (Å²) in [6.07, 6.45) is 2.94. The topological polar surface area (TPSA) is 38.5 Å². The molecule has 0 aliphatic heterocycles. The Balaban J connectivity index is 3.25. The highest BCUT2D eigenvalue weighted by atomic mass is 16.5. The largest absolute Gasteiger partial charge is 0.497 e. The Labute approximate surface area is 129 Å². The first-order chi connectivity index (χ1) is 9.85. The summed E-state index contributed by atoms with van der Waals surface area (Å²) in [5.74, 6) is 0.855. The highest BCUT2D eigenvalue weighted by Gasteiger charge is 2.37. The molecule has 2 unspecified atom stereocenters. The van der Waals surface area contributed by atoms with Gasteiger partial charge < -0.3 is 15.4 Å². The van der Waals surface area contributed by atoms with Gasteiger partial charge in [-0.25, -0.2) is 0 Å². The van der Waals surface area contributed by atoms with Crippen molar-refractivity contribution in [3.63, 3.8) is 0 Å². The number of hydrogen-bond acceptors (Lipinski definition) is 3. The van der Waals surface area contributed by atoms with E-state index in [1.165, 1.54) is 0 Å². The summed E-state index contributed by atoms with van der Waals surface area (Å²) in [6.45, 7) is 8.32. The van der Waals surface area contributed by atoms with Crippen LogP contribution in [0.2, 0.25) is 0 Å². The van der Waals surface area contributed by atoms with Crippen LogP contribution in [-0.4, -0.2) is 32.1 Å². The van der Waals surface area contributed by atoms with Crippen LogP contribution in [0.15, 0.2) is 36.4 Å². The quantitative estimate of drug-likeness (QED) is 0.744. The Morgan fingerprint density at radius 2 is 1.90 bits per heavy atom. The molecule has 0 amide bonds. The number of ether oxygens (including phenoxy) is 1. The Morgan fingerprint density at radius 1 is 1.33 bits per heavy atom. The molecule has 1 aromatic rings. The van der Waals surface area contributed by atoms with E-state index in [0.29, 0.717) is 0 Å². The van der Waals surface area contributed by atoms with Gasteiger partial charge in [-0.1, -0.05) is 31.1 Å². The smallest absolute Gasteiger partial charge is 0.118 e.